The van der Waals surface area contributed by atoms with Crippen molar-refractivity contribution in [3.8, 4) is 0 Å². The molecular weight excluding hydrogens is 303 g/mol. The molecular formula is C13H14F3N3O3. The molecule has 0 saturated heterocycles. The number of aromatic amines is 1. The number of amides is 1. The number of alkyl halides is 3. The number of aliphatic carboxylic acids is 1. The van der Waals surface area contributed by atoms with Crippen molar-refractivity contribution in [1.82, 2.24) is 15.5 Å². The Morgan fingerprint density at radius 3 is 2.68 bits per heavy atom. The molecule has 0 bridgehead atoms. The minimum atomic E-state index is -4.65. The minimum Gasteiger partial charge on any atom is -0.481 e. The normalized spacial score (nSPS) is 30.5. The number of carboxylic acid groups (broad SMARTS) is 1. The van der Waals surface area contributed by atoms with Gasteiger partial charge in [0.1, 0.15) is 11.3 Å². The first-order valence-corrected chi connectivity index (χ1v) is 6.91. The van der Waals surface area contributed by atoms with E-state index in [-0.39, 0.29) is 17.9 Å². The van der Waals surface area contributed by atoms with E-state index in [2.05, 4.69) is 15.5 Å². The maximum atomic E-state index is 12.7. The lowest BCUT2D eigenvalue weighted by molar-refractivity contribution is -0.141. The quantitative estimate of drug-likeness (QED) is 0.790. The van der Waals surface area contributed by atoms with E-state index in [1.54, 1.807) is 0 Å². The SMILES string of the molecule is O=C(N[C@H]1C[C@H]2CC(C(=O)O)C[C@H]21)c1[nH]ncc1C(F)(F)F. The molecule has 2 aliphatic rings. The van der Waals surface area contributed by atoms with Gasteiger partial charge < -0.3 is 10.4 Å². The van der Waals surface area contributed by atoms with Crippen molar-refractivity contribution in [2.75, 3.05) is 0 Å². The number of rotatable bonds is 3. The smallest absolute Gasteiger partial charge is 0.420 e. The average molecular weight is 317 g/mol. The van der Waals surface area contributed by atoms with Gasteiger partial charge in [-0.05, 0) is 31.1 Å². The molecule has 1 heterocycles. The Morgan fingerprint density at radius 1 is 1.32 bits per heavy atom. The number of aromatic nitrogens is 2. The molecule has 1 aromatic rings. The first-order chi connectivity index (χ1) is 10.3. The molecule has 1 amide bonds. The fraction of sp³-hybridized carbons (Fsp3) is 0.615. The molecule has 1 unspecified atom stereocenters. The number of H-pyrrole nitrogens is 1. The second-order valence-corrected chi connectivity index (χ2v) is 5.90. The summed E-state index contributed by atoms with van der Waals surface area (Å²) < 4.78 is 38.2. The Kier molecular flexibility index (Phi) is 3.37. The van der Waals surface area contributed by atoms with Crippen LogP contribution in [0, 0.1) is 17.8 Å². The zero-order chi connectivity index (χ0) is 16.1. The zero-order valence-electron chi connectivity index (χ0n) is 11.4. The average Bonchev–Trinajstić information content (AvgIpc) is 2.99. The van der Waals surface area contributed by atoms with Crippen molar-refractivity contribution >= 4 is 11.9 Å². The predicted octanol–water partition coefficient (Wildman–Crippen LogP) is 1.66. The first kappa shape index (κ1) is 14.9. The number of hydrogen-bond acceptors (Lipinski definition) is 3. The standard InChI is InChI=1S/C13H14F3N3O3/c14-13(15,16)8-4-17-19-10(8)11(20)18-9-3-5-1-6(12(21)22)2-7(5)9/h4-7,9H,1-3H2,(H,17,19)(H,18,20)(H,21,22)/t5-,6?,7-,9+/m1/s1. The molecule has 2 fully saturated rings. The van der Waals surface area contributed by atoms with Crippen molar-refractivity contribution in [3.05, 3.63) is 17.5 Å². The number of hydrogen-bond donors (Lipinski definition) is 3. The third-order valence-corrected chi connectivity index (χ3v) is 4.66. The van der Waals surface area contributed by atoms with E-state index in [0.717, 1.165) is 0 Å². The van der Waals surface area contributed by atoms with Crippen LogP contribution in [-0.4, -0.2) is 33.2 Å². The highest BCUT2D eigenvalue weighted by molar-refractivity contribution is 5.94. The molecule has 120 valence electrons. The Hall–Kier alpha value is -2.06. The van der Waals surface area contributed by atoms with Gasteiger partial charge in [0, 0.05) is 6.04 Å². The van der Waals surface area contributed by atoms with Gasteiger partial charge in [0.2, 0.25) is 0 Å². The second kappa shape index (κ2) is 4.99. The van der Waals surface area contributed by atoms with E-state index in [1.165, 1.54) is 0 Å². The Balaban J connectivity index is 1.65. The van der Waals surface area contributed by atoms with Gasteiger partial charge in [0.05, 0.1) is 12.1 Å². The molecule has 6 nitrogen and oxygen atoms in total. The Labute approximate surface area is 123 Å². The lowest BCUT2D eigenvalue weighted by atomic mass is 9.71. The maximum absolute atomic E-state index is 12.7. The number of nitrogens with one attached hydrogen (secondary N) is 2. The van der Waals surface area contributed by atoms with Gasteiger partial charge in [-0.3, -0.25) is 14.7 Å². The van der Waals surface area contributed by atoms with Gasteiger partial charge in [-0.1, -0.05) is 0 Å². The second-order valence-electron chi connectivity index (χ2n) is 5.90. The van der Waals surface area contributed by atoms with Crippen LogP contribution in [0.1, 0.15) is 35.3 Å². The highest BCUT2D eigenvalue weighted by Gasteiger charge is 2.50. The van der Waals surface area contributed by atoms with Crippen LogP contribution in [0.3, 0.4) is 0 Å². The summed E-state index contributed by atoms with van der Waals surface area (Å²) >= 11 is 0. The molecule has 2 aliphatic carbocycles. The number of carbonyl (C=O) groups is 2. The Bertz CT molecular complexity index is 613. The Morgan fingerprint density at radius 2 is 2.05 bits per heavy atom. The monoisotopic (exact) mass is 317 g/mol. The van der Waals surface area contributed by atoms with E-state index >= 15 is 0 Å². The van der Waals surface area contributed by atoms with Crippen LogP contribution in [0.25, 0.3) is 0 Å². The van der Waals surface area contributed by atoms with Crippen molar-refractivity contribution in [2.45, 2.75) is 31.5 Å². The highest BCUT2D eigenvalue weighted by Crippen LogP contribution is 2.49. The summed E-state index contributed by atoms with van der Waals surface area (Å²) in [5.41, 5.74) is -1.71. The first-order valence-electron chi connectivity index (χ1n) is 6.91. The number of halogens is 3. The molecule has 9 heteroatoms. The van der Waals surface area contributed by atoms with Crippen LogP contribution in [-0.2, 0) is 11.0 Å². The molecule has 4 atom stereocenters. The maximum Gasteiger partial charge on any atom is 0.420 e. The molecule has 3 rings (SSSR count). The van der Waals surface area contributed by atoms with Crippen molar-refractivity contribution in [1.29, 1.82) is 0 Å². The van der Waals surface area contributed by atoms with Crippen molar-refractivity contribution in [3.63, 3.8) is 0 Å². The van der Waals surface area contributed by atoms with E-state index in [0.29, 0.717) is 25.5 Å². The number of carbonyl (C=O) groups excluding carboxylic acids is 1. The van der Waals surface area contributed by atoms with Crippen LogP contribution in [0.4, 0.5) is 13.2 Å². The van der Waals surface area contributed by atoms with E-state index in [1.807, 2.05) is 0 Å². The van der Waals surface area contributed by atoms with Gasteiger partial charge in [-0.15, -0.1) is 0 Å². The van der Waals surface area contributed by atoms with Gasteiger partial charge in [0.25, 0.3) is 5.91 Å². The van der Waals surface area contributed by atoms with Crippen LogP contribution in [0.2, 0.25) is 0 Å². The number of nitrogens with zero attached hydrogens (tertiary/aromatic N) is 1. The molecule has 3 N–H and O–H groups in total. The van der Waals surface area contributed by atoms with Gasteiger partial charge >= 0.3 is 12.1 Å². The van der Waals surface area contributed by atoms with Gasteiger partial charge in [0.15, 0.2) is 0 Å². The molecule has 2 saturated carbocycles. The molecule has 0 spiro atoms. The largest absolute Gasteiger partial charge is 0.481 e. The summed E-state index contributed by atoms with van der Waals surface area (Å²) in [7, 11) is 0. The highest BCUT2D eigenvalue weighted by atomic mass is 19.4. The number of carboxylic acids is 1. The lowest BCUT2D eigenvalue weighted by Crippen LogP contribution is -2.50. The third kappa shape index (κ3) is 2.44. The molecule has 1 aromatic heterocycles. The van der Waals surface area contributed by atoms with Gasteiger partial charge in [-0.2, -0.15) is 18.3 Å². The summed E-state index contributed by atoms with van der Waals surface area (Å²) in [5.74, 6) is -1.87. The molecule has 0 radical (unpaired) electrons. The number of fused-ring (bicyclic) bond motifs is 1. The summed E-state index contributed by atoms with van der Waals surface area (Å²) in [6, 6.07) is -0.272. The summed E-state index contributed by atoms with van der Waals surface area (Å²) in [6.07, 6.45) is -2.43. The fourth-order valence-electron chi connectivity index (χ4n) is 3.51. The topological polar surface area (TPSA) is 95.1 Å². The minimum absolute atomic E-state index is 0.0299. The van der Waals surface area contributed by atoms with Crippen LogP contribution < -0.4 is 5.32 Å². The summed E-state index contributed by atoms with van der Waals surface area (Å²) in [4.78, 5) is 22.9. The zero-order valence-corrected chi connectivity index (χ0v) is 11.4. The third-order valence-electron chi connectivity index (χ3n) is 4.66. The van der Waals surface area contributed by atoms with Crippen molar-refractivity contribution < 1.29 is 27.9 Å². The van der Waals surface area contributed by atoms with Crippen molar-refractivity contribution in [2.24, 2.45) is 17.8 Å². The molecule has 0 aromatic carbocycles. The van der Waals surface area contributed by atoms with Crippen LogP contribution in [0.5, 0.6) is 0 Å². The lowest BCUT2D eigenvalue weighted by Gasteiger charge is -2.40. The van der Waals surface area contributed by atoms with E-state index < -0.39 is 35.2 Å². The van der Waals surface area contributed by atoms with E-state index in [9.17, 15) is 22.8 Å². The van der Waals surface area contributed by atoms with Crippen LogP contribution >= 0.6 is 0 Å². The van der Waals surface area contributed by atoms with Crippen LogP contribution in [0.15, 0.2) is 6.20 Å². The van der Waals surface area contributed by atoms with E-state index in [4.69, 9.17) is 5.11 Å². The predicted molar refractivity (Wildman–Crippen MR) is 66.8 cm³/mol. The molecule has 22 heavy (non-hydrogen) atoms. The van der Waals surface area contributed by atoms with Gasteiger partial charge in [-0.25, -0.2) is 0 Å². The fourth-order valence-corrected chi connectivity index (χ4v) is 3.51. The molecule has 0 aliphatic heterocycles. The summed E-state index contributed by atoms with van der Waals surface area (Å²) in [5, 5.41) is 16.9. The summed E-state index contributed by atoms with van der Waals surface area (Å²) in [6.45, 7) is 0.